The van der Waals surface area contributed by atoms with E-state index in [-0.39, 0.29) is 9.79 Å². The lowest BCUT2D eigenvalue weighted by Crippen LogP contribution is -2.05. The van der Waals surface area contributed by atoms with Gasteiger partial charge in [0.25, 0.3) is 0 Å². The van der Waals surface area contributed by atoms with Crippen LogP contribution in [0.2, 0.25) is 0 Å². The van der Waals surface area contributed by atoms with E-state index in [2.05, 4.69) is 14.8 Å². The zero-order chi connectivity index (χ0) is 17.8. The van der Waals surface area contributed by atoms with Gasteiger partial charge in [-0.05, 0) is 49.6 Å². The normalized spacial score (nSPS) is 17.6. The highest BCUT2D eigenvalue weighted by atomic mass is 32.2. The summed E-state index contributed by atoms with van der Waals surface area (Å²) in [5, 5.41) is 20.6. The highest BCUT2D eigenvalue weighted by Gasteiger charge is 2.37. The molecule has 1 aromatic carbocycles. The molecule has 2 aromatic rings. The molecule has 0 saturated heterocycles. The van der Waals surface area contributed by atoms with Gasteiger partial charge in [-0.25, -0.2) is 8.42 Å². The van der Waals surface area contributed by atoms with Gasteiger partial charge in [0, 0.05) is 18.2 Å². The molecule has 0 N–H and O–H groups in total. The molecule has 2 fully saturated rings. The van der Waals surface area contributed by atoms with Crippen molar-refractivity contribution in [3.8, 4) is 0 Å². The van der Waals surface area contributed by atoms with Crippen molar-refractivity contribution in [2.75, 3.05) is 6.26 Å². The highest BCUT2D eigenvalue weighted by molar-refractivity contribution is 7.99. The number of hydrogen-bond donors (Lipinski definition) is 0. The molecule has 8 nitrogen and oxygen atoms in total. The third-order valence-corrected chi connectivity index (χ3v) is 6.43. The number of nitrogens with zero attached hydrogens (tertiary/aromatic N) is 4. The van der Waals surface area contributed by atoms with Crippen molar-refractivity contribution in [2.45, 2.75) is 52.6 Å². The lowest BCUT2D eigenvalue weighted by atomic mass is 10.3. The van der Waals surface area contributed by atoms with Crippen LogP contribution in [0.25, 0.3) is 0 Å². The second-order valence-corrected chi connectivity index (χ2v) is 9.44. The quantitative estimate of drug-likeness (QED) is 0.560. The van der Waals surface area contributed by atoms with Gasteiger partial charge >= 0.3 is 5.69 Å². The monoisotopic (exact) mass is 380 g/mol. The molecule has 2 saturated carbocycles. The third-order valence-electron chi connectivity index (χ3n) is 4.29. The molecule has 0 spiro atoms. The first-order chi connectivity index (χ1) is 11.9. The fourth-order valence-corrected chi connectivity index (χ4v) is 4.79. The van der Waals surface area contributed by atoms with Gasteiger partial charge in [0.15, 0.2) is 15.0 Å². The zero-order valence-corrected chi connectivity index (χ0v) is 15.1. The summed E-state index contributed by atoms with van der Waals surface area (Å²) in [5.74, 6) is 1.38. The Morgan fingerprint density at radius 1 is 1.24 bits per heavy atom. The van der Waals surface area contributed by atoms with Gasteiger partial charge in [-0.15, -0.1) is 10.2 Å². The molecule has 0 amide bonds. The van der Waals surface area contributed by atoms with Gasteiger partial charge in [-0.3, -0.25) is 10.1 Å². The van der Waals surface area contributed by atoms with Crippen LogP contribution < -0.4 is 0 Å². The Morgan fingerprint density at radius 3 is 2.52 bits per heavy atom. The van der Waals surface area contributed by atoms with Crippen LogP contribution in [0.15, 0.2) is 33.1 Å². The van der Waals surface area contributed by atoms with Crippen molar-refractivity contribution in [2.24, 2.45) is 0 Å². The summed E-state index contributed by atoms with van der Waals surface area (Å²) in [4.78, 5) is 10.9. The number of nitro groups is 1. The number of rotatable bonds is 6. The number of aromatic nitrogens is 3. The Morgan fingerprint density at radius 2 is 1.96 bits per heavy atom. The van der Waals surface area contributed by atoms with Crippen molar-refractivity contribution in [3.05, 3.63) is 34.1 Å². The van der Waals surface area contributed by atoms with Crippen LogP contribution in [0.3, 0.4) is 0 Å². The average Bonchev–Trinajstić information content (AvgIpc) is 3.45. The number of nitro benzene ring substituents is 1. The predicted molar refractivity (Wildman–Crippen MR) is 90.6 cm³/mol. The minimum Gasteiger partial charge on any atom is -0.302 e. The van der Waals surface area contributed by atoms with E-state index in [1.807, 2.05) is 0 Å². The molecule has 132 valence electrons. The lowest BCUT2D eigenvalue weighted by molar-refractivity contribution is -0.390. The maximum Gasteiger partial charge on any atom is 0.301 e. The Balaban J connectivity index is 1.78. The van der Waals surface area contributed by atoms with Gasteiger partial charge in [0.2, 0.25) is 0 Å². The van der Waals surface area contributed by atoms with Crippen LogP contribution in [0.5, 0.6) is 0 Å². The van der Waals surface area contributed by atoms with E-state index in [9.17, 15) is 18.5 Å². The standard InChI is InChI=1S/C15H16N4O4S2/c1-25(22,23)12-4-2-3-11(13(12)19(20)21)24-15-17-16-14(9-5-6-9)18(15)10-7-8-10/h2-4,9-10H,5-8H2,1H3. The topological polar surface area (TPSA) is 108 Å². The van der Waals surface area contributed by atoms with E-state index < -0.39 is 20.4 Å². The molecule has 0 aliphatic heterocycles. The van der Waals surface area contributed by atoms with Crippen LogP contribution in [0.4, 0.5) is 5.69 Å². The Bertz CT molecular complexity index is 962. The van der Waals surface area contributed by atoms with E-state index in [4.69, 9.17) is 0 Å². The fraction of sp³-hybridized carbons (Fsp3) is 0.467. The highest BCUT2D eigenvalue weighted by Crippen LogP contribution is 2.47. The molecule has 2 aliphatic rings. The van der Waals surface area contributed by atoms with Gasteiger partial charge in [-0.1, -0.05) is 6.07 Å². The fourth-order valence-electron chi connectivity index (χ4n) is 2.82. The summed E-state index contributed by atoms with van der Waals surface area (Å²) < 4.78 is 25.9. The number of hydrogen-bond acceptors (Lipinski definition) is 7. The largest absolute Gasteiger partial charge is 0.302 e. The number of para-hydroxylation sites is 1. The predicted octanol–water partition coefficient (Wildman–Crippen LogP) is 2.95. The van der Waals surface area contributed by atoms with E-state index in [1.165, 1.54) is 12.1 Å². The summed E-state index contributed by atoms with van der Waals surface area (Å²) in [6.45, 7) is 0. The van der Waals surface area contributed by atoms with Crippen molar-refractivity contribution in [3.63, 3.8) is 0 Å². The van der Waals surface area contributed by atoms with Crippen LogP contribution in [-0.2, 0) is 9.84 Å². The molecular formula is C15H16N4O4S2. The molecule has 10 heteroatoms. The van der Waals surface area contributed by atoms with Crippen molar-refractivity contribution in [1.29, 1.82) is 0 Å². The zero-order valence-electron chi connectivity index (χ0n) is 13.5. The molecule has 1 heterocycles. The minimum atomic E-state index is -3.70. The van der Waals surface area contributed by atoms with Gasteiger partial charge in [0.1, 0.15) is 10.7 Å². The van der Waals surface area contributed by atoms with Crippen molar-refractivity contribution < 1.29 is 13.3 Å². The maximum atomic E-state index is 11.9. The molecule has 0 atom stereocenters. The first-order valence-electron chi connectivity index (χ1n) is 7.96. The first kappa shape index (κ1) is 16.5. The third kappa shape index (κ3) is 3.15. The van der Waals surface area contributed by atoms with Crippen LogP contribution in [0.1, 0.15) is 43.5 Å². The molecule has 0 radical (unpaired) electrons. The summed E-state index contributed by atoms with van der Waals surface area (Å²) in [6.07, 6.45) is 5.27. The average molecular weight is 380 g/mol. The number of benzene rings is 1. The van der Waals surface area contributed by atoms with Crippen LogP contribution >= 0.6 is 11.8 Å². The van der Waals surface area contributed by atoms with E-state index in [0.29, 0.717) is 17.1 Å². The summed E-state index contributed by atoms with van der Waals surface area (Å²) in [5.41, 5.74) is -0.395. The van der Waals surface area contributed by atoms with Crippen molar-refractivity contribution in [1.82, 2.24) is 14.8 Å². The Labute approximate surface area is 148 Å². The van der Waals surface area contributed by atoms with Gasteiger partial charge in [-0.2, -0.15) is 0 Å². The second-order valence-electron chi connectivity index (χ2n) is 6.45. The lowest BCUT2D eigenvalue weighted by Gasteiger charge is -2.09. The molecule has 4 rings (SSSR count). The van der Waals surface area contributed by atoms with E-state index in [0.717, 1.165) is 49.5 Å². The molecule has 0 unspecified atom stereocenters. The van der Waals surface area contributed by atoms with E-state index >= 15 is 0 Å². The summed E-state index contributed by atoms with van der Waals surface area (Å²) in [7, 11) is -3.70. The van der Waals surface area contributed by atoms with Crippen molar-refractivity contribution >= 4 is 27.3 Å². The molecule has 0 bridgehead atoms. The first-order valence-corrected chi connectivity index (χ1v) is 10.7. The van der Waals surface area contributed by atoms with Crippen LogP contribution in [-0.4, -0.2) is 34.4 Å². The smallest absolute Gasteiger partial charge is 0.301 e. The summed E-state index contributed by atoms with van der Waals surface area (Å²) in [6, 6.07) is 4.69. The summed E-state index contributed by atoms with van der Waals surface area (Å²) >= 11 is 1.12. The molecule has 2 aliphatic carbocycles. The molecular weight excluding hydrogens is 364 g/mol. The van der Waals surface area contributed by atoms with Gasteiger partial charge in [0.05, 0.1) is 9.82 Å². The maximum absolute atomic E-state index is 11.9. The molecule has 25 heavy (non-hydrogen) atoms. The SMILES string of the molecule is CS(=O)(=O)c1cccc(Sc2nnc(C3CC3)n2C2CC2)c1[N+](=O)[O-]. The molecule has 1 aromatic heterocycles. The Kier molecular flexibility index (Phi) is 3.84. The minimum absolute atomic E-state index is 0.268. The Hall–Kier alpha value is -1.94. The van der Waals surface area contributed by atoms with Gasteiger partial charge < -0.3 is 4.57 Å². The van der Waals surface area contributed by atoms with E-state index in [1.54, 1.807) is 6.07 Å². The number of sulfone groups is 1. The van der Waals surface area contributed by atoms with Crippen LogP contribution in [0, 0.1) is 10.1 Å². The second kappa shape index (κ2) is 5.80.